The Hall–Kier alpha value is -1.66. The van der Waals surface area contributed by atoms with Gasteiger partial charge in [-0.2, -0.15) is 13.2 Å². The van der Waals surface area contributed by atoms with E-state index in [4.69, 9.17) is 24.4 Å². The summed E-state index contributed by atoms with van der Waals surface area (Å²) in [6.07, 6.45) is -2.75. The third-order valence-corrected chi connectivity index (χ3v) is 6.80. The van der Waals surface area contributed by atoms with Gasteiger partial charge in [-0.3, -0.25) is 4.79 Å². The number of halogens is 3. The third-order valence-electron chi connectivity index (χ3n) is 4.09. The zero-order valence-electron chi connectivity index (χ0n) is 15.8. The average molecular weight is 468 g/mol. The molecule has 1 aliphatic rings. The van der Waals surface area contributed by atoms with Crippen molar-refractivity contribution in [3.63, 3.8) is 0 Å². The molecule has 160 valence electrons. The van der Waals surface area contributed by atoms with Crippen molar-refractivity contribution in [2.45, 2.75) is 19.0 Å². The van der Waals surface area contributed by atoms with Crippen molar-refractivity contribution in [1.82, 2.24) is 14.8 Å². The van der Waals surface area contributed by atoms with E-state index in [0.717, 1.165) is 25.0 Å². The fraction of sp³-hybridized carbons (Fsp3) is 0.529. The number of hydrogen-bond acceptors (Lipinski definition) is 6. The third kappa shape index (κ3) is 6.96. The van der Waals surface area contributed by atoms with Gasteiger partial charge in [-0.1, -0.05) is 30.5 Å². The molecule has 1 aliphatic carbocycles. The smallest absolute Gasteiger partial charge is 0.357 e. The Bertz CT molecular complexity index is 915. The van der Waals surface area contributed by atoms with Crippen molar-refractivity contribution < 1.29 is 26.4 Å². The maximum absolute atomic E-state index is 12.8. The van der Waals surface area contributed by atoms with Crippen LogP contribution < -0.4 is 0 Å². The van der Waals surface area contributed by atoms with Crippen LogP contribution in [0.4, 0.5) is 13.2 Å². The number of ketones is 1. The molecule has 0 saturated heterocycles. The fourth-order valence-corrected chi connectivity index (χ4v) is 4.54. The standard InChI is InChI=1S/C17H20F3N3O3S3/c1-22(16(28)13-4-3-5-14(21-13)17(18,19)20)8-12(24)9-29(25,26)10-23(2)15(27)11-6-7-11/h3-5,11H,6-10H2,1-2H3. The number of alkyl halides is 3. The first-order chi connectivity index (χ1) is 13.3. The van der Waals surface area contributed by atoms with Gasteiger partial charge < -0.3 is 9.80 Å². The molecule has 0 N–H and O–H groups in total. The Kier molecular flexibility index (Phi) is 7.33. The number of Topliss-reactive ketones (excluding diaryl/α,β-unsaturated/α-hetero) is 1. The van der Waals surface area contributed by atoms with E-state index in [1.165, 1.54) is 22.9 Å². The minimum atomic E-state index is -4.62. The maximum Gasteiger partial charge on any atom is 0.433 e. The predicted molar refractivity (Wildman–Crippen MR) is 110 cm³/mol. The van der Waals surface area contributed by atoms with Crippen molar-refractivity contribution in [1.29, 1.82) is 0 Å². The Morgan fingerprint density at radius 2 is 1.83 bits per heavy atom. The molecule has 0 amide bonds. The van der Waals surface area contributed by atoms with Crippen molar-refractivity contribution in [3.05, 3.63) is 29.6 Å². The number of likely N-dealkylation sites (N-methyl/N-ethyl adjacent to an activating group) is 1. The number of thiocarbonyl (C=S) groups is 2. The lowest BCUT2D eigenvalue weighted by molar-refractivity contribution is -0.141. The molecule has 6 nitrogen and oxygen atoms in total. The highest BCUT2D eigenvalue weighted by atomic mass is 32.2. The molecule has 1 aromatic heterocycles. The average Bonchev–Trinajstić information content (AvgIpc) is 3.43. The highest BCUT2D eigenvalue weighted by Gasteiger charge is 2.33. The number of aromatic nitrogens is 1. The normalized spacial score (nSPS) is 14.4. The number of pyridine rings is 1. The van der Waals surface area contributed by atoms with Crippen molar-refractivity contribution in [3.8, 4) is 0 Å². The maximum atomic E-state index is 12.8. The van der Waals surface area contributed by atoms with Crippen LogP contribution in [-0.4, -0.2) is 71.2 Å². The molecule has 0 bridgehead atoms. The summed E-state index contributed by atoms with van der Waals surface area (Å²) in [5.41, 5.74) is -1.23. The van der Waals surface area contributed by atoms with Crippen molar-refractivity contribution in [2.24, 2.45) is 5.92 Å². The number of sulfone groups is 1. The van der Waals surface area contributed by atoms with Crippen LogP contribution in [0.1, 0.15) is 24.2 Å². The molecule has 1 aromatic rings. The largest absolute Gasteiger partial charge is 0.433 e. The van der Waals surface area contributed by atoms with Crippen molar-refractivity contribution in [2.75, 3.05) is 32.3 Å². The molecule has 0 aliphatic heterocycles. The zero-order valence-corrected chi connectivity index (χ0v) is 18.2. The van der Waals surface area contributed by atoms with Crippen LogP contribution in [0.2, 0.25) is 0 Å². The lowest BCUT2D eigenvalue weighted by Gasteiger charge is -2.21. The van der Waals surface area contributed by atoms with Gasteiger partial charge in [-0.25, -0.2) is 13.4 Å². The van der Waals surface area contributed by atoms with Gasteiger partial charge in [-0.05, 0) is 25.0 Å². The van der Waals surface area contributed by atoms with Gasteiger partial charge in [0.25, 0.3) is 0 Å². The number of rotatable bonds is 8. The molecule has 0 aromatic carbocycles. The molecule has 0 spiro atoms. The first-order valence-electron chi connectivity index (χ1n) is 8.57. The highest BCUT2D eigenvalue weighted by Crippen LogP contribution is 2.31. The van der Waals surface area contributed by atoms with E-state index in [9.17, 15) is 26.4 Å². The fourth-order valence-electron chi connectivity index (χ4n) is 2.58. The first kappa shape index (κ1) is 23.6. The first-order valence-corrected chi connectivity index (χ1v) is 11.2. The minimum absolute atomic E-state index is 0.0890. The lowest BCUT2D eigenvalue weighted by atomic mass is 10.2. The Morgan fingerprint density at radius 3 is 2.38 bits per heavy atom. The number of carbonyl (C=O) groups excluding carboxylic acids is 1. The van der Waals surface area contributed by atoms with E-state index in [2.05, 4.69) is 4.98 Å². The summed E-state index contributed by atoms with van der Waals surface area (Å²) in [6, 6.07) is 3.27. The highest BCUT2D eigenvalue weighted by molar-refractivity contribution is 7.92. The molecule has 12 heteroatoms. The summed E-state index contributed by atoms with van der Waals surface area (Å²) in [7, 11) is -0.774. The van der Waals surface area contributed by atoms with Gasteiger partial charge in [0.2, 0.25) is 0 Å². The molecular weight excluding hydrogens is 447 g/mol. The molecule has 29 heavy (non-hydrogen) atoms. The Morgan fingerprint density at radius 1 is 1.21 bits per heavy atom. The summed E-state index contributed by atoms with van der Waals surface area (Å²) >= 11 is 10.3. The summed E-state index contributed by atoms with van der Waals surface area (Å²) in [5, 5.41) is 0. The SMILES string of the molecule is CN(CC(=O)CS(=O)(=O)CN(C)C(=S)C1CC1)C(=S)c1cccc(C(F)(F)F)n1. The van der Waals surface area contributed by atoms with Crippen molar-refractivity contribution >= 4 is 50.0 Å². The monoisotopic (exact) mass is 467 g/mol. The summed E-state index contributed by atoms with van der Waals surface area (Å²) < 4.78 is 62.9. The molecule has 1 saturated carbocycles. The molecule has 1 heterocycles. The predicted octanol–water partition coefficient (Wildman–Crippen LogP) is 2.32. The van der Waals surface area contributed by atoms with Crippen LogP contribution in [0.5, 0.6) is 0 Å². The molecule has 2 rings (SSSR count). The lowest BCUT2D eigenvalue weighted by Crippen LogP contribution is -2.38. The van der Waals surface area contributed by atoms with Crippen LogP contribution in [0, 0.1) is 5.92 Å². The topological polar surface area (TPSA) is 70.6 Å². The van der Waals surface area contributed by atoms with Crippen LogP contribution in [0.3, 0.4) is 0 Å². The van der Waals surface area contributed by atoms with Crippen LogP contribution in [0.25, 0.3) is 0 Å². The van der Waals surface area contributed by atoms with Gasteiger partial charge >= 0.3 is 6.18 Å². The number of nitrogens with zero attached hydrogens (tertiary/aromatic N) is 3. The molecule has 0 radical (unpaired) electrons. The van der Waals surface area contributed by atoms with Gasteiger partial charge in [-0.15, -0.1) is 0 Å². The number of hydrogen-bond donors (Lipinski definition) is 0. The molecule has 0 atom stereocenters. The van der Waals surface area contributed by atoms with E-state index in [1.807, 2.05) is 0 Å². The van der Waals surface area contributed by atoms with Crippen LogP contribution >= 0.6 is 24.4 Å². The van der Waals surface area contributed by atoms with E-state index in [0.29, 0.717) is 4.99 Å². The van der Waals surface area contributed by atoms with Gasteiger partial charge in [0.1, 0.15) is 22.3 Å². The second kappa shape index (κ2) is 9.00. The Labute approximate surface area is 178 Å². The van der Waals surface area contributed by atoms with E-state index in [1.54, 1.807) is 7.05 Å². The second-order valence-electron chi connectivity index (χ2n) is 6.93. The zero-order chi connectivity index (χ0) is 22.0. The number of carbonyl (C=O) groups is 1. The second-order valence-corrected chi connectivity index (χ2v) is 9.77. The van der Waals surface area contributed by atoms with Gasteiger partial charge in [0.15, 0.2) is 15.6 Å². The molecular formula is C17H20F3N3O3S3. The molecule has 1 fully saturated rings. The van der Waals surface area contributed by atoms with E-state index >= 15 is 0 Å². The summed E-state index contributed by atoms with van der Waals surface area (Å²) in [5.74, 6) is -1.48. The van der Waals surface area contributed by atoms with Crippen LogP contribution in [-0.2, 0) is 20.8 Å². The van der Waals surface area contributed by atoms with Gasteiger partial charge in [0, 0.05) is 20.0 Å². The minimum Gasteiger partial charge on any atom is -0.357 e. The summed E-state index contributed by atoms with van der Waals surface area (Å²) in [4.78, 5) is 18.8. The van der Waals surface area contributed by atoms with Gasteiger partial charge in [0.05, 0.1) is 17.2 Å². The van der Waals surface area contributed by atoms with E-state index < -0.39 is 33.2 Å². The quantitative estimate of drug-likeness (QED) is 0.540. The van der Waals surface area contributed by atoms with Crippen LogP contribution in [0.15, 0.2) is 18.2 Å². The summed E-state index contributed by atoms with van der Waals surface area (Å²) in [6.45, 7) is -0.368. The molecule has 0 unspecified atom stereocenters. The Balaban J connectivity index is 1.95. The van der Waals surface area contributed by atoms with E-state index in [-0.39, 0.29) is 29.0 Å².